The standard InChI is InChI=1S/C22H23FN2/c23-20-7-3-5-18(15-20)21(10-14-25-12-1-2-13-25)19-9-8-17-6-4-11-24-22(17)16-19/h3-9,11,15-16,21H,1-2,10,12-14H2. The van der Waals surface area contributed by atoms with Crippen molar-refractivity contribution in [3.05, 3.63) is 77.7 Å². The van der Waals surface area contributed by atoms with Crippen molar-refractivity contribution in [2.75, 3.05) is 19.6 Å². The molecule has 0 bridgehead atoms. The van der Waals surface area contributed by atoms with E-state index in [1.54, 1.807) is 6.07 Å². The van der Waals surface area contributed by atoms with Gasteiger partial charge in [0.1, 0.15) is 5.82 Å². The molecule has 1 fully saturated rings. The van der Waals surface area contributed by atoms with Gasteiger partial charge in [-0.25, -0.2) is 4.39 Å². The first kappa shape index (κ1) is 16.2. The first-order chi connectivity index (χ1) is 12.3. The molecule has 0 spiro atoms. The molecule has 1 aromatic heterocycles. The maximum Gasteiger partial charge on any atom is 0.123 e. The molecule has 0 amide bonds. The van der Waals surface area contributed by atoms with E-state index in [9.17, 15) is 4.39 Å². The van der Waals surface area contributed by atoms with Gasteiger partial charge in [-0.2, -0.15) is 0 Å². The molecule has 128 valence electrons. The lowest BCUT2D eigenvalue weighted by molar-refractivity contribution is 0.327. The van der Waals surface area contributed by atoms with E-state index >= 15 is 0 Å². The summed E-state index contributed by atoms with van der Waals surface area (Å²) in [6.07, 6.45) is 5.42. The van der Waals surface area contributed by atoms with Crippen LogP contribution in [0.1, 0.15) is 36.3 Å². The van der Waals surface area contributed by atoms with Crippen LogP contribution in [0.4, 0.5) is 4.39 Å². The minimum Gasteiger partial charge on any atom is -0.303 e. The highest BCUT2D eigenvalue weighted by Gasteiger charge is 2.19. The van der Waals surface area contributed by atoms with Gasteiger partial charge in [-0.05, 0) is 74.3 Å². The third-order valence-corrected chi connectivity index (χ3v) is 5.22. The molecule has 4 rings (SSSR count). The Balaban J connectivity index is 1.67. The number of pyridine rings is 1. The Kier molecular flexibility index (Phi) is 4.75. The number of hydrogen-bond donors (Lipinski definition) is 0. The van der Waals surface area contributed by atoms with Crippen molar-refractivity contribution in [2.45, 2.75) is 25.2 Å². The Hall–Kier alpha value is -2.26. The molecule has 0 saturated carbocycles. The summed E-state index contributed by atoms with van der Waals surface area (Å²) >= 11 is 0. The van der Waals surface area contributed by atoms with E-state index in [2.05, 4.69) is 34.1 Å². The van der Waals surface area contributed by atoms with Crippen molar-refractivity contribution in [3.63, 3.8) is 0 Å². The minimum absolute atomic E-state index is 0.164. The monoisotopic (exact) mass is 334 g/mol. The fourth-order valence-electron chi connectivity index (χ4n) is 3.87. The van der Waals surface area contributed by atoms with Gasteiger partial charge in [-0.15, -0.1) is 0 Å². The van der Waals surface area contributed by atoms with E-state index in [0.29, 0.717) is 0 Å². The molecule has 2 aromatic carbocycles. The fourth-order valence-corrected chi connectivity index (χ4v) is 3.87. The topological polar surface area (TPSA) is 16.1 Å². The number of fused-ring (bicyclic) bond motifs is 1. The summed E-state index contributed by atoms with van der Waals surface area (Å²) in [7, 11) is 0. The normalized spacial score (nSPS) is 16.4. The number of nitrogens with zero attached hydrogens (tertiary/aromatic N) is 2. The van der Waals surface area contributed by atoms with Gasteiger partial charge in [-0.3, -0.25) is 4.98 Å². The number of likely N-dealkylation sites (tertiary alicyclic amines) is 1. The lowest BCUT2D eigenvalue weighted by atomic mass is 9.87. The third kappa shape index (κ3) is 3.72. The van der Waals surface area contributed by atoms with E-state index in [4.69, 9.17) is 0 Å². The Morgan fingerprint density at radius 2 is 1.80 bits per heavy atom. The van der Waals surface area contributed by atoms with Gasteiger partial charge in [0.2, 0.25) is 0 Å². The van der Waals surface area contributed by atoms with Gasteiger partial charge in [0, 0.05) is 17.5 Å². The van der Waals surface area contributed by atoms with Gasteiger partial charge in [0.05, 0.1) is 5.52 Å². The predicted molar refractivity (Wildman–Crippen MR) is 100 cm³/mol. The molecular weight excluding hydrogens is 311 g/mol. The zero-order valence-corrected chi connectivity index (χ0v) is 14.4. The van der Waals surface area contributed by atoms with Crippen LogP contribution in [0.5, 0.6) is 0 Å². The second-order valence-electron chi connectivity index (χ2n) is 6.90. The van der Waals surface area contributed by atoms with E-state index in [1.165, 1.54) is 37.6 Å². The summed E-state index contributed by atoms with van der Waals surface area (Å²) in [5, 5.41) is 1.14. The zero-order valence-electron chi connectivity index (χ0n) is 14.4. The number of hydrogen-bond acceptors (Lipinski definition) is 2. The summed E-state index contributed by atoms with van der Waals surface area (Å²) in [6, 6.07) is 17.5. The van der Waals surface area contributed by atoms with E-state index in [0.717, 1.165) is 29.4 Å². The molecule has 0 N–H and O–H groups in total. The van der Waals surface area contributed by atoms with Crippen LogP contribution in [0, 0.1) is 5.82 Å². The number of benzene rings is 2. The van der Waals surface area contributed by atoms with E-state index in [1.807, 2.05) is 24.4 Å². The number of halogens is 1. The molecule has 1 saturated heterocycles. The Morgan fingerprint density at radius 1 is 0.960 bits per heavy atom. The molecule has 3 aromatic rings. The SMILES string of the molecule is Fc1cccc(C(CCN2CCCC2)c2ccc3cccnc3c2)c1. The van der Waals surface area contributed by atoms with Crippen molar-refractivity contribution in [1.82, 2.24) is 9.88 Å². The Morgan fingerprint density at radius 3 is 2.64 bits per heavy atom. The van der Waals surface area contributed by atoms with Crippen LogP contribution in [0.15, 0.2) is 60.8 Å². The van der Waals surface area contributed by atoms with Crippen LogP contribution in [0.2, 0.25) is 0 Å². The highest BCUT2D eigenvalue weighted by molar-refractivity contribution is 5.79. The van der Waals surface area contributed by atoms with Crippen LogP contribution in [-0.2, 0) is 0 Å². The van der Waals surface area contributed by atoms with Crippen molar-refractivity contribution < 1.29 is 4.39 Å². The molecule has 2 nitrogen and oxygen atoms in total. The highest BCUT2D eigenvalue weighted by Crippen LogP contribution is 2.31. The summed E-state index contributed by atoms with van der Waals surface area (Å²) in [6.45, 7) is 3.44. The molecule has 0 radical (unpaired) electrons. The van der Waals surface area contributed by atoms with Crippen LogP contribution in [0.25, 0.3) is 10.9 Å². The number of aromatic nitrogens is 1. The van der Waals surface area contributed by atoms with Gasteiger partial charge >= 0.3 is 0 Å². The van der Waals surface area contributed by atoms with Crippen LogP contribution in [0.3, 0.4) is 0 Å². The van der Waals surface area contributed by atoms with Crippen molar-refractivity contribution in [3.8, 4) is 0 Å². The maximum absolute atomic E-state index is 13.8. The summed E-state index contributed by atoms with van der Waals surface area (Å²) in [5.74, 6) is 0.0327. The zero-order chi connectivity index (χ0) is 17.1. The van der Waals surface area contributed by atoms with Gasteiger partial charge < -0.3 is 4.90 Å². The molecule has 1 aliphatic heterocycles. The first-order valence-electron chi connectivity index (χ1n) is 9.12. The average Bonchev–Trinajstić information content (AvgIpc) is 3.15. The average molecular weight is 334 g/mol. The van der Waals surface area contributed by atoms with E-state index in [-0.39, 0.29) is 11.7 Å². The molecule has 0 aliphatic carbocycles. The quantitative estimate of drug-likeness (QED) is 0.653. The van der Waals surface area contributed by atoms with Crippen molar-refractivity contribution in [1.29, 1.82) is 0 Å². The van der Waals surface area contributed by atoms with Crippen molar-refractivity contribution >= 4 is 10.9 Å². The largest absolute Gasteiger partial charge is 0.303 e. The van der Waals surface area contributed by atoms with Gasteiger partial charge in [0.25, 0.3) is 0 Å². The molecule has 1 atom stereocenters. The second-order valence-corrected chi connectivity index (χ2v) is 6.90. The molecule has 1 unspecified atom stereocenters. The molecule has 2 heterocycles. The Labute approximate surface area is 148 Å². The fraction of sp³-hybridized carbons (Fsp3) is 0.318. The van der Waals surface area contributed by atoms with Crippen molar-refractivity contribution in [2.24, 2.45) is 0 Å². The maximum atomic E-state index is 13.8. The van der Waals surface area contributed by atoms with Crippen LogP contribution < -0.4 is 0 Å². The second kappa shape index (κ2) is 7.32. The molecule has 1 aliphatic rings. The minimum atomic E-state index is -0.164. The van der Waals surface area contributed by atoms with Gasteiger partial charge in [0.15, 0.2) is 0 Å². The Bertz CT molecular complexity index is 855. The van der Waals surface area contributed by atoms with Crippen LogP contribution in [-0.4, -0.2) is 29.5 Å². The van der Waals surface area contributed by atoms with E-state index < -0.39 is 0 Å². The highest BCUT2D eigenvalue weighted by atomic mass is 19.1. The molecule has 25 heavy (non-hydrogen) atoms. The summed E-state index contributed by atoms with van der Waals surface area (Å²) < 4.78 is 13.8. The van der Waals surface area contributed by atoms with Gasteiger partial charge in [-0.1, -0.05) is 30.3 Å². The summed E-state index contributed by atoms with van der Waals surface area (Å²) in [5.41, 5.74) is 3.27. The first-order valence-corrected chi connectivity index (χ1v) is 9.12. The third-order valence-electron chi connectivity index (χ3n) is 5.22. The molecular formula is C22H23FN2. The van der Waals surface area contributed by atoms with Crippen LogP contribution >= 0.6 is 0 Å². The lowest BCUT2D eigenvalue weighted by Gasteiger charge is -2.22. The number of rotatable bonds is 5. The predicted octanol–water partition coefficient (Wildman–Crippen LogP) is 4.99. The smallest absolute Gasteiger partial charge is 0.123 e. The lowest BCUT2D eigenvalue weighted by Crippen LogP contribution is -2.22. The molecule has 3 heteroatoms. The summed E-state index contributed by atoms with van der Waals surface area (Å²) in [4.78, 5) is 7.01.